The summed E-state index contributed by atoms with van der Waals surface area (Å²) in [7, 11) is 3.17. The van der Waals surface area contributed by atoms with Gasteiger partial charge in [0.15, 0.2) is 18.2 Å². The van der Waals surface area contributed by atoms with Gasteiger partial charge in [-0.05, 0) is 99.6 Å². The minimum atomic E-state index is -3.15. The fraction of sp³-hybridized carbons (Fsp3) is 0.511. The molecule has 10 rings (SSSR count). The minimum absolute atomic E-state index is 0.0614. The fourth-order valence-corrected chi connectivity index (χ4v) is 10.5. The summed E-state index contributed by atoms with van der Waals surface area (Å²) in [6.07, 6.45) is 5.36. The number of piperidine rings is 3. The van der Waals surface area contributed by atoms with E-state index in [0.29, 0.717) is 91.2 Å². The number of fused-ring (bicyclic) bond motifs is 4. The van der Waals surface area contributed by atoms with Crippen molar-refractivity contribution >= 4 is 68.4 Å². The summed E-state index contributed by atoms with van der Waals surface area (Å²) in [5.41, 5.74) is 1.39. The zero-order valence-corrected chi connectivity index (χ0v) is 36.5. The number of amides is 2. The number of ether oxygens (including phenoxy) is 1. The van der Waals surface area contributed by atoms with Crippen molar-refractivity contribution in [2.75, 3.05) is 54.9 Å². The predicted octanol–water partition coefficient (Wildman–Crippen LogP) is 6.97. The van der Waals surface area contributed by atoms with E-state index < -0.39 is 47.6 Å². The molecule has 64 heavy (non-hydrogen) atoms. The Kier molecular flexibility index (Phi) is 10.7. The van der Waals surface area contributed by atoms with Crippen LogP contribution in [0.25, 0.3) is 21.8 Å². The maximum Gasteiger partial charge on any atom is 0.301 e. The Bertz CT molecular complexity index is 2770. The van der Waals surface area contributed by atoms with Crippen molar-refractivity contribution in [3.8, 4) is 5.75 Å². The monoisotopic (exact) mass is 904 g/mol. The van der Waals surface area contributed by atoms with Crippen molar-refractivity contribution in [2.24, 2.45) is 31.8 Å². The van der Waals surface area contributed by atoms with Gasteiger partial charge in [0.2, 0.25) is 23.5 Å². The lowest BCUT2D eigenvalue weighted by Crippen LogP contribution is -2.45. The first kappa shape index (κ1) is 42.5. The molecule has 4 atom stereocenters. The quantitative estimate of drug-likeness (QED) is 0.109. The lowest BCUT2D eigenvalue weighted by molar-refractivity contribution is -0.134. The van der Waals surface area contributed by atoms with E-state index in [2.05, 4.69) is 42.8 Å². The number of carbonyl (C=O) groups is 2. The smallest absolute Gasteiger partial charge is 0.301 e. The molecular formula is C45H49ClF4N10O4. The molecule has 19 heteroatoms. The molecule has 338 valence electrons. The molecular weight excluding hydrogens is 856 g/mol. The lowest BCUT2D eigenvalue weighted by Gasteiger charge is -2.41. The van der Waals surface area contributed by atoms with Crippen LogP contribution in [-0.2, 0) is 23.7 Å². The predicted molar refractivity (Wildman–Crippen MR) is 234 cm³/mol. The Morgan fingerprint density at radius 3 is 2.52 bits per heavy atom. The molecule has 0 radical (unpaired) electrons. The van der Waals surface area contributed by atoms with Gasteiger partial charge in [-0.1, -0.05) is 18.5 Å². The Hall–Kier alpha value is -5.49. The van der Waals surface area contributed by atoms with Crippen LogP contribution in [0.15, 0.2) is 35.3 Å². The van der Waals surface area contributed by atoms with Gasteiger partial charge in [0.1, 0.15) is 16.4 Å². The molecule has 2 aromatic carbocycles. The molecule has 0 bridgehead atoms. The van der Waals surface area contributed by atoms with Crippen LogP contribution in [0, 0.1) is 29.4 Å². The summed E-state index contributed by atoms with van der Waals surface area (Å²) < 4.78 is 70.7. The summed E-state index contributed by atoms with van der Waals surface area (Å²) in [6.45, 7) is 5.00. The highest BCUT2D eigenvalue weighted by atomic mass is 35.5. The van der Waals surface area contributed by atoms with Crippen LogP contribution >= 0.6 is 11.6 Å². The zero-order valence-electron chi connectivity index (χ0n) is 35.7. The van der Waals surface area contributed by atoms with E-state index in [1.807, 2.05) is 0 Å². The van der Waals surface area contributed by atoms with Gasteiger partial charge in [-0.15, -0.1) is 0 Å². The van der Waals surface area contributed by atoms with Crippen LogP contribution in [0.3, 0.4) is 0 Å². The maximum atomic E-state index is 16.2. The van der Waals surface area contributed by atoms with Gasteiger partial charge in [-0.2, -0.15) is 10.1 Å². The number of carbonyl (C=O) groups excluding carboxylic acids is 2. The highest BCUT2D eigenvalue weighted by Crippen LogP contribution is 2.46. The Morgan fingerprint density at radius 1 is 1.00 bits per heavy atom. The van der Waals surface area contributed by atoms with Crippen LogP contribution in [0.1, 0.15) is 75.0 Å². The number of aromatic nitrogens is 5. The van der Waals surface area contributed by atoms with Gasteiger partial charge in [-0.25, -0.2) is 22.5 Å². The summed E-state index contributed by atoms with van der Waals surface area (Å²) in [4.78, 5) is 51.5. The van der Waals surface area contributed by atoms with Gasteiger partial charge in [0.05, 0.1) is 35.1 Å². The second kappa shape index (κ2) is 16.2. The number of alkyl halides is 2. The van der Waals surface area contributed by atoms with Crippen molar-refractivity contribution in [1.29, 1.82) is 0 Å². The topological polar surface area (TPSA) is 152 Å². The van der Waals surface area contributed by atoms with E-state index in [9.17, 15) is 14.4 Å². The SMILES string of the molecule is C[C@H]1CN(c2ncc(Cl)c(Nc3ccc4c(c3)c3c(c(=O)n4C)OCC(F)(F)[C@H](C4CC4)N3)n2)CCC1CN1CCC(c2c(F)cc3c(C4CCC(=O)NC4=O)nn(C)c3c2F)CC1. The number of hydrogen-bond acceptors (Lipinski definition) is 11. The molecule has 2 amide bonds. The van der Waals surface area contributed by atoms with E-state index in [0.717, 1.165) is 13.0 Å². The lowest BCUT2D eigenvalue weighted by atomic mass is 9.84. The first-order valence-corrected chi connectivity index (χ1v) is 22.4. The largest absolute Gasteiger partial charge is 0.480 e. The third kappa shape index (κ3) is 7.59. The van der Waals surface area contributed by atoms with Crippen molar-refractivity contribution in [3.05, 3.63) is 68.7 Å². The van der Waals surface area contributed by atoms with Crippen LogP contribution in [0.2, 0.25) is 5.02 Å². The van der Waals surface area contributed by atoms with Gasteiger partial charge < -0.3 is 29.7 Å². The van der Waals surface area contributed by atoms with Crippen LogP contribution in [0.5, 0.6) is 5.75 Å². The number of anilines is 4. The molecule has 3 aromatic heterocycles. The molecule has 5 aliphatic rings. The fourth-order valence-electron chi connectivity index (χ4n) is 10.4. The van der Waals surface area contributed by atoms with E-state index in [1.54, 1.807) is 38.5 Å². The van der Waals surface area contributed by atoms with Gasteiger partial charge in [0, 0.05) is 62.2 Å². The second-order valence-corrected chi connectivity index (χ2v) is 18.7. The number of imide groups is 1. The van der Waals surface area contributed by atoms with Gasteiger partial charge >= 0.3 is 5.92 Å². The first-order valence-electron chi connectivity index (χ1n) is 22.0. The molecule has 3 saturated heterocycles. The summed E-state index contributed by atoms with van der Waals surface area (Å²) >= 11 is 6.64. The maximum absolute atomic E-state index is 16.2. The number of likely N-dealkylation sites (tertiary alicyclic amines) is 1. The van der Waals surface area contributed by atoms with Gasteiger partial charge in [0.25, 0.3) is 5.56 Å². The van der Waals surface area contributed by atoms with Crippen LogP contribution in [-0.4, -0.2) is 92.3 Å². The molecule has 1 saturated carbocycles. The van der Waals surface area contributed by atoms with E-state index in [-0.39, 0.29) is 70.1 Å². The molecule has 2 unspecified atom stereocenters. The molecule has 3 N–H and O–H groups in total. The molecule has 0 spiro atoms. The number of rotatable bonds is 8. The third-order valence-corrected chi connectivity index (χ3v) is 14.4. The Morgan fingerprint density at radius 2 is 1.78 bits per heavy atom. The minimum Gasteiger partial charge on any atom is -0.480 e. The van der Waals surface area contributed by atoms with Crippen molar-refractivity contribution in [2.45, 2.75) is 75.7 Å². The summed E-state index contributed by atoms with van der Waals surface area (Å²) in [6, 6.07) is 5.46. The molecule has 1 aliphatic carbocycles. The third-order valence-electron chi connectivity index (χ3n) is 14.1. The molecule has 7 heterocycles. The summed E-state index contributed by atoms with van der Waals surface area (Å²) in [5, 5.41) is 14.1. The number of nitrogens with one attached hydrogen (secondary N) is 3. The van der Waals surface area contributed by atoms with Gasteiger partial charge in [-0.3, -0.25) is 24.4 Å². The number of hydrogen-bond donors (Lipinski definition) is 3. The van der Waals surface area contributed by atoms with E-state index in [1.165, 1.54) is 15.3 Å². The average molecular weight is 905 g/mol. The molecule has 4 fully saturated rings. The highest BCUT2D eigenvalue weighted by molar-refractivity contribution is 6.33. The summed E-state index contributed by atoms with van der Waals surface area (Å²) in [5.74, 6) is -5.17. The van der Waals surface area contributed by atoms with Crippen molar-refractivity contribution < 1.29 is 31.9 Å². The van der Waals surface area contributed by atoms with Crippen LogP contribution < -0.4 is 31.1 Å². The highest BCUT2D eigenvalue weighted by Gasteiger charge is 2.51. The number of pyridine rings is 1. The van der Waals surface area contributed by atoms with E-state index >= 15 is 17.6 Å². The zero-order chi connectivity index (χ0) is 44.8. The Labute approximate surface area is 370 Å². The Balaban J connectivity index is 0.791. The average Bonchev–Trinajstić information content (AvgIpc) is 4.06. The van der Waals surface area contributed by atoms with Crippen LogP contribution in [0.4, 0.5) is 40.7 Å². The number of benzene rings is 2. The molecule has 14 nitrogen and oxygen atoms in total. The molecule has 5 aromatic rings. The standard InChI is InChI=1S/C45H49ClF4N10O4/c1-22-19-60(15-12-25(22)20-59-13-10-23(11-14-59)34-31(47)17-29-36(56-58(3)38(29)35(34)48)27-7-9-33(61)53-42(27)62)44-51-18-30(46)41(55-44)52-26-6-8-32-28(16-26)37-39(43(63)57(32)2)64-21-45(49,50)40(54-37)24-4-5-24/h6,8,16-18,22-25,27,40,54H,4-5,7,9-15,19-21H2,1-3H3,(H,51,52,55)(H,53,61,62)/t22-,25?,27?,40-/m0/s1. The molecule has 4 aliphatic heterocycles. The number of aryl methyl sites for hydroxylation is 2. The van der Waals surface area contributed by atoms with E-state index in [4.69, 9.17) is 21.3 Å². The second-order valence-electron chi connectivity index (χ2n) is 18.3. The number of halogens is 5. The van der Waals surface area contributed by atoms with Crippen molar-refractivity contribution in [3.63, 3.8) is 0 Å². The number of nitrogens with zero attached hydrogens (tertiary/aromatic N) is 7. The first-order chi connectivity index (χ1) is 30.6. The van der Waals surface area contributed by atoms with Crippen molar-refractivity contribution in [1.82, 2.24) is 34.5 Å². The normalized spacial score (nSPS) is 24.3.